The van der Waals surface area contributed by atoms with E-state index in [1.54, 1.807) is 0 Å². The Morgan fingerprint density at radius 2 is 1.86 bits per heavy atom. The van der Waals surface area contributed by atoms with Crippen molar-refractivity contribution in [3.63, 3.8) is 0 Å². The van der Waals surface area contributed by atoms with E-state index in [4.69, 9.17) is 8.92 Å². The quantitative estimate of drug-likeness (QED) is 0.740. The van der Waals surface area contributed by atoms with Gasteiger partial charge in [0.15, 0.2) is 0 Å². The molecule has 0 aliphatic carbocycles. The maximum Gasteiger partial charge on any atom is 0.407 e. The van der Waals surface area contributed by atoms with Gasteiger partial charge in [-0.3, -0.25) is 4.18 Å². The van der Waals surface area contributed by atoms with Crippen LogP contribution < -0.4 is 5.32 Å². The van der Waals surface area contributed by atoms with Crippen LogP contribution in [0.25, 0.3) is 0 Å². The highest BCUT2D eigenvalue weighted by atomic mass is 32.2. The summed E-state index contributed by atoms with van der Waals surface area (Å²) in [6.45, 7) is 4.01. The molecular weight excluding hydrogens is 306 g/mol. The van der Waals surface area contributed by atoms with Crippen LogP contribution in [0.2, 0.25) is 0 Å². The summed E-state index contributed by atoms with van der Waals surface area (Å²) in [6, 6.07) is 8.89. The third-order valence-corrected chi connectivity index (χ3v) is 3.34. The van der Waals surface area contributed by atoms with Gasteiger partial charge in [-0.2, -0.15) is 8.42 Å². The number of carbonyl (C=O) groups excluding carboxylic acids is 1. The first-order valence-corrected chi connectivity index (χ1v) is 8.89. The van der Waals surface area contributed by atoms with E-state index in [-0.39, 0.29) is 19.1 Å². The first-order valence-electron chi connectivity index (χ1n) is 7.08. The number of amides is 1. The van der Waals surface area contributed by atoms with E-state index >= 15 is 0 Å². The number of nitrogens with one attached hydrogen (secondary N) is 1. The molecule has 0 aromatic heterocycles. The number of hydrogen-bond donors (Lipinski definition) is 1. The lowest BCUT2D eigenvalue weighted by Gasteiger charge is -2.19. The molecule has 1 N–H and O–H groups in total. The Hall–Kier alpha value is -1.60. The summed E-state index contributed by atoms with van der Waals surface area (Å²) >= 11 is 0. The second-order valence-corrected chi connectivity index (χ2v) is 7.17. The second kappa shape index (κ2) is 8.75. The lowest BCUT2D eigenvalue weighted by Crippen LogP contribution is -2.40. The van der Waals surface area contributed by atoms with E-state index in [0.29, 0.717) is 6.42 Å². The minimum Gasteiger partial charge on any atom is -0.445 e. The Balaban J connectivity index is 2.47. The van der Waals surface area contributed by atoms with Crippen molar-refractivity contribution in [2.24, 2.45) is 5.92 Å². The number of benzene rings is 1. The molecule has 1 aromatic rings. The molecule has 0 saturated carbocycles. The molecule has 1 unspecified atom stereocenters. The van der Waals surface area contributed by atoms with E-state index in [1.165, 1.54) is 0 Å². The fourth-order valence-electron chi connectivity index (χ4n) is 1.87. The topological polar surface area (TPSA) is 81.7 Å². The number of carbonyl (C=O) groups is 1. The fraction of sp³-hybridized carbons (Fsp3) is 0.533. The molecule has 22 heavy (non-hydrogen) atoms. The van der Waals surface area contributed by atoms with Crippen LogP contribution in [0.5, 0.6) is 0 Å². The average Bonchev–Trinajstić information content (AvgIpc) is 2.42. The molecule has 0 aliphatic heterocycles. The molecule has 7 heteroatoms. The van der Waals surface area contributed by atoms with Gasteiger partial charge in [0.2, 0.25) is 0 Å². The van der Waals surface area contributed by atoms with Crippen molar-refractivity contribution in [2.45, 2.75) is 32.9 Å². The van der Waals surface area contributed by atoms with Gasteiger partial charge in [0.05, 0.1) is 18.9 Å². The molecule has 1 aromatic carbocycles. The number of rotatable bonds is 8. The normalized spacial score (nSPS) is 12.9. The van der Waals surface area contributed by atoms with Crippen molar-refractivity contribution in [3.8, 4) is 0 Å². The van der Waals surface area contributed by atoms with Crippen LogP contribution in [-0.4, -0.2) is 33.4 Å². The molecule has 1 amide bonds. The predicted molar refractivity (Wildman–Crippen MR) is 83.8 cm³/mol. The zero-order valence-electron chi connectivity index (χ0n) is 13.1. The minimum atomic E-state index is -3.54. The molecule has 124 valence electrons. The summed E-state index contributed by atoms with van der Waals surface area (Å²) in [6.07, 6.45) is 0.981. The van der Waals surface area contributed by atoms with Gasteiger partial charge in [0.1, 0.15) is 6.61 Å². The van der Waals surface area contributed by atoms with Gasteiger partial charge in [-0.15, -0.1) is 0 Å². The standard InChI is InChI=1S/C15H23NO5S/c1-12(2)9-14(11-21-22(3,18)19)16-15(17)20-10-13-7-5-4-6-8-13/h4-8,12,14H,9-11H2,1-3H3,(H,16,17). The molecule has 6 nitrogen and oxygen atoms in total. The number of alkyl carbamates (subject to hydrolysis) is 1. The molecule has 0 spiro atoms. The monoisotopic (exact) mass is 329 g/mol. The number of hydrogen-bond acceptors (Lipinski definition) is 5. The summed E-state index contributed by atoms with van der Waals surface area (Å²) in [5, 5.41) is 2.64. The van der Waals surface area contributed by atoms with Crippen molar-refractivity contribution < 1.29 is 22.1 Å². The molecule has 0 bridgehead atoms. The van der Waals surface area contributed by atoms with E-state index in [2.05, 4.69) is 5.32 Å². The van der Waals surface area contributed by atoms with Gasteiger partial charge < -0.3 is 10.1 Å². The van der Waals surface area contributed by atoms with E-state index in [1.807, 2.05) is 44.2 Å². The largest absolute Gasteiger partial charge is 0.445 e. The van der Waals surface area contributed by atoms with Crippen molar-refractivity contribution in [2.75, 3.05) is 12.9 Å². The highest BCUT2D eigenvalue weighted by molar-refractivity contribution is 7.85. The molecular formula is C15H23NO5S. The predicted octanol–water partition coefficient (Wildman–Crippen LogP) is 2.30. The van der Waals surface area contributed by atoms with Gasteiger partial charge >= 0.3 is 6.09 Å². The zero-order chi connectivity index (χ0) is 16.6. The summed E-state index contributed by atoms with van der Waals surface area (Å²) < 4.78 is 32.0. The minimum absolute atomic E-state index is 0.0998. The molecule has 0 saturated heterocycles. The molecule has 0 fully saturated rings. The van der Waals surface area contributed by atoms with Crippen LogP contribution in [-0.2, 0) is 25.6 Å². The van der Waals surface area contributed by atoms with Crippen molar-refractivity contribution >= 4 is 16.2 Å². The summed E-state index contributed by atoms with van der Waals surface area (Å²) in [7, 11) is -3.54. The third kappa shape index (κ3) is 8.63. The van der Waals surface area contributed by atoms with E-state index in [9.17, 15) is 13.2 Å². The van der Waals surface area contributed by atoms with Crippen LogP contribution in [0.15, 0.2) is 30.3 Å². The van der Waals surface area contributed by atoms with Gasteiger partial charge in [-0.25, -0.2) is 4.79 Å². The zero-order valence-corrected chi connectivity index (χ0v) is 13.9. The Bertz CT molecular complexity index is 557. The molecule has 0 radical (unpaired) electrons. The first-order chi connectivity index (χ1) is 10.3. The Kier molecular flexibility index (Phi) is 7.34. The second-order valence-electron chi connectivity index (χ2n) is 5.52. The van der Waals surface area contributed by atoms with Crippen molar-refractivity contribution in [3.05, 3.63) is 35.9 Å². The Labute approximate surface area is 131 Å². The molecule has 0 aliphatic rings. The van der Waals surface area contributed by atoms with Gasteiger partial charge in [-0.1, -0.05) is 44.2 Å². The maximum atomic E-state index is 11.8. The Morgan fingerprint density at radius 1 is 1.23 bits per heavy atom. The van der Waals surface area contributed by atoms with Gasteiger partial charge in [-0.05, 0) is 17.9 Å². The average molecular weight is 329 g/mol. The molecule has 0 heterocycles. The van der Waals surface area contributed by atoms with Crippen molar-refractivity contribution in [1.29, 1.82) is 0 Å². The number of ether oxygens (including phenoxy) is 1. The fourth-order valence-corrected chi connectivity index (χ4v) is 2.29. The summed E-state index contributed by atoms with van der Waals surface area (Å²) in [4.78, 5) is 11.8. The summed E-state index contributed by atoms with van der Waals surface area (Å²) in [5.74, 6) is 0.280. The van der Waals surface area contributed by atoms with Crippen LogP contribution >= 0.6 is 0 Å². The summed E-state index contributed by atoms with van der Waals surface area (Å²) in [5.41, 5.74) is 0.880. The van der Waals surface area contributed by atoms with Crippen LogP contribution in [0.4, 0.5) is 4.79 Å². The highest BCUT2D eigenvalue weighted by Crippen LogP contribution is 2.07. The van der Waals surface area contributed by atoms with Crippen LogP contribution in [0, 0.1) is 5.92 Å². The molecule has 1 atom stereocenters. The lowest BCUT2D eigenvalue weighted by atomic mass is 10.0. The molecule has 1 rings (SSSR count). The van der Waals surface area contributed by atoms with Crippen LogP contribution in [0.3, 0.4) is 0 Å². The van der Waals surface area contributed by atoms with E-state index < -0.39 is 22.3 Å². The third-order valence-electron chi connectivity index (χ3n) is 2.77. The van der Waals surface area contributed by atoms with Gasteiger partial charge in [0, 0.05) is 0 Å². The van der Waals surface area contributed by atoms with Gasteiger partial charge in [0.25, 0.3) is 10.1 Å². The highest BCUT2D eigenvalue weighted by Gasteiger charge is 2.17. The maximum absolute atomic E-state index is 11.8. The van der Waals surface area contributed by atoms with Crippen LogP contribution in [0.1, 0.15) is 25.8 Å². The smallest absolute Gasteiger partial charge is 0.407 e. The van der Waals surface area contributed by atoms with E-state index in [0.717, 1.165) is 11.8 Å². The van der Waals surface area contributed by atoms with Crippen molar-refractivity contribution in [1.82, 2.24) is 5.32 Å². The SMILES string of the molecule is CC(C)CC(COS(C)(=O)=O)NC(=O)OCc1ccccc1. The first kappa shape index (κ1) is 18.4. The lowest BCUT2D eigenvalue weighted by molar-refractivity contribution is 0.129. The Morgan fingerprint density at radius 3 is 2.41 bits per heavy atom.